The molecule has 0 fully saturated rings. The maximum Gasteiger partial charge on any atom is 0.227 e. The summed E-state index contributed by atoms with van der Waals surface area (Å²) in [4.78, 5) is 16.6. The molecule has 0 saturated heterocycles. The molecule has 140 valence electrons. The summed E-state index contributed by atoms with van der Waals surface area (Å²) < 4.78 is 11.4. The SMILES string of the molecule is O=C(CCOc1ccccc1)Nc1ccc2nc(-c3cccc(Cl)c3)oc2c1. The fraction of sp³-hybridized carbons (Fsp3) is 0.0909. The topological polar surface area (TPSA) is 64.4 Å². The van der Waals surface area contributed by atoms with E-state index in [0.29, 0.717) is 34.3 Å². The minimum absolute atomic E-state index is 0.134. The first kappa shape index (κ1) is 18.1. The van der Waals surface area contributed by atoms with Gasteiger partial charge in [-0.2, -0.15) is 0 Å². The van der Waals surface area contributed by atoms with E-state index in [9.17, 15) is 4.79 Å². The maximum absolute atomic E-state index is 12.2. The van der Waals surface area contributed by atoms with Gasteiger partial charge in [0.05, 0.1) is 13.0 Å². The highest BCUT2D eigenvalue weighted by Gasteiger charge is 2.10. The highest BCUT2D eigenvalue weighted by molar-refractivity contribution is 6.30. The van der Waals surface area contributed by atoms with Crippen molar-refractivity contribution < 1.29 is 13.9 Å². The number of amides is 1. The Morgan fingerprint density at radius 1 is 1.04 bits per heavy atom. The summed E-state index contributed by atoms with van der Waals surface area (Å²) in [6, 6.07) is 22.1. The van der Waals surface area contributed by atoms with Crippen molar-refractivity contribution >= 4 is 34.3 Å². The minimum Gasteiger partial charge on any atom is -0.493 e. The molecule has 4 rings (SSSR count). The van der Waals surface area contributed by atoms with E-state index in [-0.39, 0.29) is 12.3 Å². The van der Waals surface area contributed by atoms with Crippen LogP contribution >= 0.6 is 11.6 Å². The standard InChI is InChI=1S/C22H17ClN2O3/c23-16-6-4-5-15(13-16)22-25-19-10-9-17(14-20(19)28-22)24-21(26)11-12-27-18-7-2-1-3-8-18/h1-10,13-14H,11-12H2,(H,24,26). The van der Waals surface area contributed by atoms with Crippen LogP contribution in [0.5, 0.6) is 5.75 Å². The minimum atomic E-state index is -0.134. The Morgan fingerprint density at radius 2 is 1.89 bits per heavy atom. The molecule has 0 bridgehead atoms. The molecule has 6 heteroatoms. The van der Waals surface area contributed by atoms with Gasteiger partial charge >= 0.3 is 0 Å². The van der Waals surface area contributed by atoms with Crippen molar-refractivity contribution in [2.24, 2.45) is 0 Å². The molecule has 1 N–H and O–H groups in total. The van der Waals surface area contributed by atoms with E-state index in [4.69, 9.17) is 20.8 Å². The number of oxazole rings is 1. The van der Waals surface area contributed by atoms with Crippen molar-refractivity contribution in [3.8, 4) is 17.2 Å². The van der Waals surface area contributed by atoms with Gasteiger partial charge in [-0.15, -0.1) is 0 Å². The van der Waals surface area contributed by atoms with Crippen LogP contribution in [0.2, 0.25) is 5.02 Å². The van der Waals surface area contributed by atoms with Crippen molar-refractivity contribution in [3.63, 3.8) is 0 Å². The molecule has 1 heterocycles. The van der Waals surface area contributed by atoms with E-state index < -0.39 is 0 Å². The van der Waals surface area contributed by atoms with Crippen LogP contribution in [-0.2, 0) is 4.79 Å². The molecule has 1 amide bonds. The predicted molar refractivity (Wildman–Crippen MR) is 110 cm³/mol. The van der Waals surface area contributed by atoms with Crippen LogP contribution < -0.4 is 10.1 Å². The fourth-order valence-electron chi connectivity index (χ4n) is 2.75. The van der Waals surface area contributed by atoms with Crippen molar-refractivity contribution in [3.05, 3.63) is 77.8 Å². The number of halogens is 1. The van der Waals surface area contributed by atoms with Gasteiger partial charge in [0.25, 0.3) is 0 Å². The molecule has 3 aromatic carbocycles. The summed E-state index contributed by atoms with van der Waals surface area (Å²) in [5, 5.41) is 3.47. The van der Waals surface area contributed by atoms with Crippen LogP contribution in [-0.4, -0.2) is 17.5 Å². The average Bonchev–Trinajstić information content (AvgIpc) is 3.12. The lowest BCUT2D eigenvalue weighted by Crippen LogP contribution is -2.15. The van der Waals surface area contributed by atoms with Crippen molar-refractivity contribution in [1.29, 1.82) is 0 Å². The van der Waals surface area contributed by atoms with E-state index in [1.165, 1.54) is 0 Å². The number of fused-ring (bicyclic) bond motifs is 1. The van der Waals surface area contributed by atoms with Gasteiger partial charge in [-0.05, 0) is 42.5 Å². The van der Waals surface area contributed by atoms with E-state index in [2.05, 4.69) is 10.3 Å². The molecule has 4 aromatic rings. The zero-order chi connectivity index (χ0) is 19.3. The quantitative estimate of drug-likeness (QED) is 0.466. The second-order valence-corrected chi connectivity index (χ2v) is 6.61. The third-order valence-corrected chi connectivity index (χ3v) is 4.32. The van der Waals surface area contributed by atoms with Gasteiger partial charge in [0.2, 0.25) is 11.8 Å². The molecule has 28 heavy (non-hydrogen) atoms. The van der Waals surface area contributed by atoms with E-state index in [0.717, 1.165) is 11.3 Å². The first-order chi connectivity index (χ1) is 13.7. The molecular formula is C22H17ClN2O3. The molecule has 0 spiro atoms. The number of aromatic nitrogens is 1. The molecule has 0 aliphatic carbocycles. The lowest BCUT2D eigenvalue weighted by Gasteiger charge is -2.07. The number of anilines is 1. The Balaban J connectivity index is 1.40. The van der Waals surface area contributed by atoms with Gasteiger partial charge in [0, 0.05) is 22.3 Å². The van der Waals surface area contributed by atoms with Crippen LogP contribution in [0, 0.1) is 0 Å². The van der Waals surface area contributed by atoms with Crippen molar-refractivity contribution in [2.75, 3.05) is 11.9 Å². The molecule has 0 radical (unpaired) electrons. The second kappa shape index (κ2) is 8.15. The first-order valence-corrected chi connectivity index (χ1v) is 9.19. The molecule has 0 aliphatic heterocycles. The maximum atomic E-state index is 12.2. The second-order valence-electron chi connectivity index (χ2n) is 6.17. The van der Waals surface area contributed by atoms with Crippen LogP contribution in [0.1, 0.15) is 6.42 Å². The fourth-order valence-corrected chi connectivity index (χ4v) is 2.94. The average molecular weight is 393 g/mol. The zero-order valence-electron chi connectivity index (χ0n) is 14.9. The van der Waals surface area contributed by atoms with Crippen LogP contribution in [0.25, 0.3) is 22.6 Å². The Labute approximate surface area is 166 Å². The summed E-state index contributed by atoms with van der Waals surface area (Å²) >= 11 is 6.03. The van der Waals surface area contributed by atoms with Gasteiger partial charge in [-0.1, -0.05) is 35.9 Å². The Hall–Kier alpha value is -3.31. The Kier molecular flexibility index (Phi) is 5.26. The number of ether oxygens (including phenoxy) is 1. The van der Waals surface area contributed by atoms with Crippen molar-refractivity contribution in [2.45, 2.75) is 6.42 Å². The van der Waals surface area contributed by atoms with Crippen LogP contribution in [0.4, 0.5) is 5.69 Å². The number of rotatable bonds is 6. The van der Waals surface area contributed by atoms with Gasteiger partial charge in [0.1, 0.15) is 11.3 Å². The number of hydrogen-bond acceptors (Lipinski definition) is 4. The molecule has 0 saturated carbocycles. The number of carbonyl (C=O) groups is 1. The molecule has 1 aromatic heterocycles. The highest BCUT2D eigenvalue weighted by atomic mass is 35.5. The largest absolute Gasteiger partial charge is 0.493 e. The molecule has 0 atom stereocenters. The van der Waals surface area contributed by atoms with E-state index >= 15 is 0 Å². The summed E-state index contributed by atoms with van der Waals surface area (Å²) in [5.74, 6) is 1.09. The van der Waals surface area contributed by atoms with Gasteiger partial charge in [-0.3, -0.25) is 4.79 Å². The lowest BCUT2D eigenvalue weighted by atomic mass is 10.2. The van der Waals surface area contributed by atoms with Gasteiger partial charge in [-0.25, -0.2) is 4.98 Å². The van der Waals surface area contributed by atoms with Crippen LogP contribution in [0.15, 0.2) is 77.2 Å². The number of nitrogens with zero attached hydrogens (tertiary/aromatic N) is 1. The highest BCUT2D eigenvalue weighted by Crippen LogP contribution is 2.27. The molecular weight excluding hydrogens is 376 g/mol. The van der Waals surface area contributed by atoms with Gasteiger partial charge < -0.3 is 14.5 Å². The number of benzene rings is 3. The number of hydrogen-bond donors (Lipinski definition) is 1. The lowest BCUT2D eigenvalue weighted by molar-refractivity contribution is -0.116. The number of para-hydroxylation sites is 1. The number of carbonyl (C=O) groups excluding carboxylic acids is 1. The zero-order valence-corrected chi connectivity index (χ0v) is 15.6. The summed E-state index contributed by atoms with van der Waals surface area (Å²) in [6.07, 6.45) is 0.247. The summed E-state index contributed by atoms with van der Waals surface area (Å²) in [5.41, 5.74) is 2.74. The van der Waals surface area contributed by atoms with E-state index in [1.54, 1.807) is 24.3 Å². The summed E-state index contributed by atoms with van der Waals surface area (Å²) in [6.45, 7) is 0.305. The van der Waals surface area contributed by atoms with E-state index in [1.807, 2.05) is 48.5 Å². The third-order valence-electron chi connectivity index (χ3n) is 4.08. The predicted octanol–water partition coefficient (Wildman–Crippen LogP) is 5.56. The first-order valence-electron chi connectivity index (χ1n) is 8.82. The third kappa shape index (κ3) is 4.32. The number of nitrogens with one attached hydrogen (secondary N) is 1. The normalized spacial score (nSPS) is 10.8. The van der Waals surface area contributed by atoms with Crippen molar-refractivity contribution in [1.82, 2.24) is 4.98 Å². The smallest absolute Gasteiger partial charge is 0.227 e. The molecule has 0 unspecified atom stereocenters. The molecule has 5 nitrogen and oxygen atoms in total. The monoisotopic (exact) mass is 392 g/mol. The van der Waals surface area contributed by atoms with Crippen LogP contribution in [0.3, 0.4) is 0 Å². The Morgan fingerprint density at radius 3 is 2.71 bits per heavy atom. The molecule has 0 aliphatic rings. The Bertz CT molecular complexity index is 1110. The van der Waals surface area contributed by atoms with Gasteiger partial charge in [0.15, 0.2) is 5.58 Å². The summed E-state index contributed by atoms with van der Waals surface area (Å²) in [7, 11) is 0.